The maximum absolute atomic E-state index is 12.4. The molecule has 0 aromatic heterocycles. The van der Waals surface area contributed by atoms with Gasteiger partial charge in [-0.15, -0.1) is 0 Å². The third-order valence-electron chi connectivity index (χ3n) is 4.50. The molecule has 132 valence electrons. The van der Waals surface area contributed by atoms with Gasteiger partial charge in [0.15, 0.2) is 0 Å². The van der Waals surface area contributed by atoms with Crippen LogP contribution in [0.5, 0.6) is 0 Å². The normalized spacial score (nSPS) is 27.1. The van der Waals surface area contributed by atoms with E-state index in [4.69, 9.17) is 0 Å². The number of aliphatic hydroxyl groups excluding tert-OH is 1. The van der Waals surface area contributed by atoms with Crippen molar-refractivity contribution in [3.63, 3.8) is 0 Å². The van der Waals surface area contributed by atoms with E-state index >= 15 is 0 Å². The number of nitrogens with zero attached hydrogens (tertiary/aromatic N) is 1. The van der Waals surface area contributed by atoms with Crippen LogP contribution in [0.4, 0.5) is 18.0 Å². The molecule has 1 aliphatic carbocycles. The fourth-order valence-electron chi connectivity index (χ4n) is 3.46. The van der Waals surface area contributed by atoms with Gasteiger partial charge in [0.05, 0.1) is 18.7 Å². The lowest BCUT2D eigenvalue weighted by Crippen LogP contribution is -2.46. The number of carbonyl (C=O) groups is 1. The van der Waals surface area contributed by atoms with Crippen molar-refractivity contribution in [1.29, 1.82) is 0 Å². The molecule has 1 saturated heterocycles. The van der Waals surface area contributed by atoms with Crippen LogP contribution in [0.15, 0.2) is 24.3 Å². The summed E-state index contributed by atoms with van der Waals surface area (Å²) in [6.07, 6.45) is -3.97. The molecule has 1 fully saturated rings. The maximum atomic E-state index is 12.4. The summed E-state index contributed by atoms with van der Waals surface area (Å²) in [5, 5.41) is 15.6. The molecule has 1 heterocycles. The number of halogens is 3. The number of hydrogen-bond donors (Lipinski definition) is 3. The zero-order chi connectivity index (χ0) is 17.3. The largest absolute Gasteiger partial charge is 0.401 e. The first kappa shape index (κ1) is 17.0. The lowest BCUT2D eigenvalue weighted by atomic mass is 10.1. The number of rotatable bonds is 3. The SMILES string of the molecule is O=C(NC1CCN(CC(F)(F)F)C1)N[C@@H]1c2ccccc2C[C@@H]1O. The number of hydrogen-bond acceptors (Lipinski definition) is 3. The van der Waals surface area contributed by atoms with Gasteiger partial charge < -0.3 is 15.7 Å². The number of amides is 2. The second-order valence-electron chi connectivity index (χ2n) is 6.40. The third kappa shape index (κ3) is 3.99. The zero-order valence-corrected chi connectivity index (χ0v) is 13.0. The summed E-state index contributed by atoms with van der Waals surface area (Å²) in [4.78, 5) is 13.4. The Morgan fingerprint density at radius 3 is 2.79 bits per heavy atom. The summed E-state index contributed by atoms with van der Waals surface area (Å²) in [6, 6.07) is 6.21. The average molecular weight is 343 g/mol. The van der Waals surface area contributed by atoms with E-state index in [0.29, 0.717) is 19.4 Å². The predicted octanol–water partition coefficient (Wildman–Crippen LogP) is 1.58. The lowest BCUT2D eigenvalue weighted by molar-refractivity contribution is -0.143. The molecule has 0 spiro atoms. The molecule has 1 aromatic rings. The second kappa shape index (κ2) is 6.60. The molecule has 3 atom stereocenters. The Kier molecular flexibility index (Phi) is 4.69. The summed E-state index contributed by atoms with van der Waals surface area (Å²) < 4.78 is 37.1. The first-order valence-corrected chi connectivity index (χ1v) is 7.94. The smallest absolute Gasteiger partial charge is 0.390 e. The summed E-state index contributed by atoms with van der Waals surface area (Å²) in [5.41, 5.74) is 1.87. The molecule has 24 heavy (non-hydrogen) atoms. The molecular formula is C16H20F3N3O2. The van der Waals surface area contributed by atoms with Gasteiger partial charge >= 0.3 is 12.2 Å². The van der Waals surface area contributed by atoms with Crippen LogP contribution in [0.3, 0.4) is 0 Å². The molecule has 8 heteroatoms. The van der Waals surface area contributed by atoms with Gasteiger partial charge in [0.25, 0.3) is 0 Å². The monoisotopic (exact) mass is 343 g/mol. The van der Waals surface area contributed by atoms with E-state index in [-0.39, 0.29) is 12.6 Å². The van der Waals surface area contributed by atoms with Crippen LogP contribution in [0.1, 0.15) is 23.6 Å². The summed E-state index contributed by atoms with van der Waals surface area (Å²) >= 11 is 0. The molecule has 1 unspecified atom stereocenters. The molecule has 2 amide bonds. The standard InChI is InChI=1S/C16H20F3N3O2/c17-16(18,19)9-22-6-5-11(8-22)20-15(24)21-14-12-4-2-1-3-10(12)7-13(14)23/h1-4,11,13-14,23H,5-9H2,(H2,20,21,24)/t11?,13-,14+/m0/s1. The van der Waals surface area contributed by atoms with Crippen molar-refractivity contribution in [2.24, 2.45) is 0 Å². The Labute approximate surface area is 137 Å². The van der Waals surface area contributed by atoms with Gasteiger partial charge in [0.1, 0.15) is 0 Å². The van der Waals surface area contributed by atoms with Gasteiger partial charge in [-0.3, -0.25) is 4.90 Å². The van der Waals surface area contributed by atoms with Gasteiger partial charge in [-0.05, 0) is 17.5 Å². The summed E-state index contributed by atoms with van der Waals surface area (Å²) in [5.74, 6) is 0. The van der Waals surface area contributed by atoms with Crippen molar-refractivity contribution in [2.45, 2.75) is 37.2 Å². The van der Waals surface area contributed by atoms with Gasteiger partial charge in [0, 0.05) is 25.6 Å². The van der Waals surface area contributed by atoms with E-state index in [9.17, 15) is 23.1 Å². The van der Waals surface area contributed by atoms with E-state index in [1.165, 1.54) is 4.90 Å². The quantitative estimate of drug-likeness (QED) is 0.781. The molecule has 0 bridgehead atoms. The molecule has 3 N–H and O–H groups in total. The number of fused-ring (bicyclic) bond motifs is 1. The van der Waals surface area contributed by atoms with Crippen LogP contribution in [0.25, 0.3) is 0 Å². The third-order valence-corrected chi connectivity index (χ3v) is 4.50. The Morgan fingerprint density at radius 1 is 1.29 bits per heavy atom. The first-order chi connectivity index (χ1) is 11.3. The highest BCUT2D eigenvalue weighted by Crippen LogP contribution is 2.31. The van der Waals surface area contributed by atoms with Crippen LogP contribution in [-0.2, 0) is 6.42 Å². The Morgan fingerprint density at radius 2 is 2.04 bits per heavy atom. The van der Waals surface area contributed by atoms with Crippen molar-refractivity contribution in [3.8, 4) is 0 Å². The van der Waals surface area contributed by atoms with Crippen molar-refractivity contribution >= 4 is 6.03 Å². The number of urea groups is 1. The fraction of sp³-hybridized carbons (Fsp3) is 0.562. The van der Waals surface area contributed by atoms with E-state index in [1.54, 1.807) is 0 Å². The molecule has 1 aromatic carbocycles. The highest BCUT2D eigenvalue weighted by Gasteiger charge is 2.36. The van der Waals surface area contributed by atoms with Crippen molar-refractivity contribution in [3.05, 3.63) is 35.4 Å². The molecule has 0 saturated carbocycles. The highest BCUT2D eigenvalue weighted by molar-refractivity contribution is 5.75. The fourth-order valence-corrected chi connectivity index (χ4v) is 3.46. The van der Waals surface area contributed by atoms with E-state index < -0.39 is 30.9 Å². The molecule has 1 aliphatic heterocycles. The molecule has 3 rings (SSSR count). The highest BCUT2D eigenvalue weighted by atomic mass is 19.4. The van der Waals surface area contributed by atoms with Gasteiger partial charge in [-0.25, -0.2) is 4.79 Å². The molecule has 5 nitrogen and oxygen atoms in total. The van der Waals surface area contributed by atoms with Gasteiger partial charge in [0.2, 0.25) is 0 Å². The topological polar surface area (TPSA) is 64.6 Å². The predicted molar refractivity (Wildman–Crippen MR) is 81.5 cm³/mol. The number of alkyl halides is 3. The maximum Gasteiger partial charge on any atom is 0.401 e. The second-order valence-corrected chi connectivity index (χ2v) is 6.40. The van der Waals surface area contributed by atoms with Crippen molar-refractivity contribution < 1.29 is 23.1 Å². The number of nitrogens with one attached hydrogen (secondary N) is 2. The lowest BCUT2D eigenvalue weighted by Gasteiger charge is -2.21. The number of aliphatic hydroxyl groups is 1. The van der Waals surface area contributed by atoms with Crippen molar-refractivity contribution in [1.82, 2.24) is 15.5 Å². The van der Waals surface area contributed by atoms with Gasteiger partial charge in [-0.2, -0.15) is 13.2 Å². The van der Waals surface area contributed by atoms with Crippen molar-refractivity contribution in [2.75, 3.05) is 19.6 Å². The minimum absolute atomic E-state index is 0.177. The summed E-state index contributed by atoms with van der Waals surface area (Å²) in [7, 11) is 0. The van der Waals surface area contributed by atoms with E-state index in [2.05, 4.69) is 10.6 Å². The zero-order valence-electron chi connectivity index (χ0n) is 13.0. The number of benzene rings is 1. The minimum Gasteiger partial charge on any atom is -0.390 e. The van der Waals surface area contributed by atoms with Crippen LogP contribution < -0.4 is 10.6 Å². The van der Waals surface area contributed by atoms with Crippen LogP contribution >= 0.6 is 0 Å². The average Bonchev–Trinajstić information content (AvgIpc) is 3.02. The van der Waals surface area contributed by atoms with E-state index in [1.807, 2.05) is 24.3 Å². The molecule has 2 aliphatic rings. The number of likely N-dealkylation sites (tertiary alicyclic amines) is 1. The Bertz CT molecular complexity index is 608. The molecule has 0 radical (unpaired) electrons. The Balaban J connectivity index is 1.52. The van der Waals surface area contributed by atoms with Crippen LogP contribution in [0, 0.1) is 0 Å². The Hall–Kier alpha value is -1.80. The summed E-state index contributed by atoms with van der Waals surface area (Å²) in [6.45, 7) is -0.475. The van der Waals surface area contributed by atoms with Gasteiger partial charge in [-0.1, -0.05) is 24.3 Å². The van der Waals surface area contributed by atoms with Crippen LogP contribution in [-0.4, -0.2) is 54.0 Å². The van der Waals surface area contributed by atoms with Crippen LogP contribution in [0.2, 0.25) is 0 Å². The first-order valence-electron chi connectivity index (χ1n) is 7.94. The minimum atomic E-state index is -4.23. The molecular weight excluding hydrogens is 323 g/mol. The number of carbonyl (C=O) groups excluding carboxylic acids is 1. The van der Waals surface area contributed by atoms with E-state index in [0.717, 1.165) is 11.1 Å².